The summed E-state index contributed by atoms with van der Waals surface area (Å²) in [5, 5.41) is 7.25. The van der Waals surface area contributed by atoms with E-state index in [0.29, 0.717) is 18.8 Å². The number of hydrogen-bond acceptors (Lipinski definition) is 3. The fourth-order valence-electron chi connectivity index (χ4n) is 2.93. The second kappa shape index (κ2) is 5.39. The van der Waals surface area contributed by atoms with Crippen LogP contribution in [0.1, 0.15) is 29.2 Å². The molecule has 4 rings (SSSR count). The minimum absolute atomic E-state index is 0.0759. The Morgan fingerprint density at radius 1 is 1.30 bits per heavy atom. The van der Waals surface area contributed by atoms with E-state index in [9.17, 15) is 9.18 Å². The summed E-state index contributed by atoms with van der Waals surface area (Å²) in [6.45, 7) is 0.443. The zero-order chi connectivity index (χ0) is 15.8. The van der Waals surface area contributed by atoms with Gasteiger partial charge in [0.25, 0.3) is 0 Å². The van der Waals surface area contributed by atoms with Gasteiger partial charge >= 0.3 is 0 Å². The van der Waals surface area contributed by atoms with Crippen LogP contribution in [0.5, 0.6) is 0 Å². The molecule has 0 saturated heterocycles. The maximum atomic E-state index is 13.1. The number of anilines is 1. The summed E-state index contributed by atoms with van der Waals surface area (Å²) in [7, 11) is 0. The number of nitrogens with one attached hydrogen (secondary N) is 1. The third kappa shape index (κ3) is 2.52. The Morgan fingerprint density at radius 3 is 2.87 bits per heavy atom. The van der Waals surface area contributed by atoms with Crippen molar-refractivity contribution in [3.05, 3.63) is 71.6 Å². The molecule has 0 radical (unpaired) electrons. The van der Waals surface area contributed by atoms with Crippen molar-refractivity contribution in [2.75, 3.05) is 5.32 Å². The van der Waals surface area contributed by atoms with Crippen LogP contribution in [0.4, 0.5) is 10.2 Å². The number of nitrogens with zero attached hydrogens (tertiary/aromatic N) is 2. The van der Waals surface area contributed by atoms with Crippen LogP contribution in [0.2, 0.25) is 0 Å². The first kappa shape index (κ1) is 13.8. The van der Waals surface area contributed by atoms with E-state index < -0.39 is 0 Å². The van der Waals surface area contributed by atoms with Crippen molar-refractivity contribution in [2.24, 2.45) is 0 Å². The topological polar surface area (TPSA) is 60.1 Å². The minimum Gasteiger partial charge on any atom is -0.467 e. The summed E-state index contributed by atoms with van der Waals surface area (Å²) < 4.78 is 20.2. The first-order valence-electron chi connectivity index (χ1n) is 7.34. The highest BCUT2D eigenvalue weighted by molar-refractivity contribution is 5.94. The van der Waals surface area contributed by atoms with Gasteiger partial charge in [-0.2, -0.15) is 5.10 Å². The summed E-state index contributed by atoms with van der Waals surface area (Å²) in [4.78, 5) is 12.1. The Balaban J connectivity index is 1.72. The lowest BCUT2D eigenvalue weighted by molar-refractivity contribution is -0.116. The van der Waals surface area contributed by atoms with Gasteiger partial charge in [0.05, 0.1) is 12.5 Å². The summed E-state index contributed by atoms with van der Waals surface area (Å²) in [5.41, 5.74) is 1.84. The number of rotatable bonds is 3. The quantitative estimate of drug-likeness (QED) is 0.808. The maximum absolute atomic E-state index is 13.1. The molecule has 1 aromatic carbocycles. The molecule has 1 aliphatic rings. The van der Waals surface area contributed by atoms with Gasteiger partial charge in [-0.15, -0.1) is 0 Å². The molecule has 116 valence electrons. The number of carbonyl (C=O) groups is 1. The van der Waals surface area contributed by atoms with Gasteiger partial charge in [-0.25, -0.2) is 9.07 Å². The minimum atomic E-state index is -0.289. The lowest BCUT2D eigenvalue weighted by Gasteiger charge is -2.23. The highest BCUT2D eigenvalue weighted by Crippen LogP contribution is 2.37. The van der Waals surface area contributed by atoms with E-state index in [2.05, 4.69) is 10.4 Å². The molecule has 6 heteroatoms. The van der Waals surface area contributed by atoms with Crippen molar-refractivity contribution in [1.29, 1.82) is 0 Å². The molecule has 3 aromatic rings. The van der Waals surface area contributed by atoms with E-state index in [-0.39, 0.29) is 17.6 Å². The average molecular weight is 311 g/mol. The molecule has 0 bridgehead atoms. The van der Waals surface area contributed by atoms with Gasteiger partial charge in [0, 0.05) is 17.9 Å². The lowest BCUT2D eigenvalue weighted by atomic mass is 9.87. The molecule has 1 aliphatic heterocycles. The van der Waals surface area contributed by atoms with Crippen molar-refractivity contribution in [2.45, 2.75) is 18.9 Å². The van der Waals surface area contributed by atoms with Crippen LogP contribution in [0, 0.1) is 5.82 Å². The molecule has 1 atom stereocenters. The second-order valence-corrected chi connectivity index (χ2v) is 5.54. The first-order chi connectivity index (χ1) is 11.2. The fraction of sp³-hybridized carbons (Fsp3) is 0.176. The van der Waals surface area contributed by atoms with Gasteiger partial charge in [0.1, 0.15) is 23.9 Å². The Hall–Kier alpha value is -2.89. The van der Waals surface area contributed by atoms with E-state index in [1.54, 1.807) is 29.3 Å². The number of carbonyl (C=O) groups excluding carboxylic acids is 1. The van der Waals surface area contributed by atoms with Gasteiger partial charge in [0.15, 0.2) is 0 Å². The smallest absolute Gasteiger partial charge is 0.226 e. The molecule has 1 unspecified atom stereocenters. The number of aromatic nitrogens is 2. The number of fused-ring (bicyclic) bond motifs is 1. The molecular formula is C17H14FN3O2. The molecule has 5 nitrogen and oxygen atoms in total. The van der Waals surface area contributed by atoms with E-state index >= 15 is 0 Å². The predicted octanol–water partition coefficient (Wildman–Crippen LogP) is 3.14. The average Bonchev–Trinajstić information content (AvgIpc) is 3.18. The van der Waals surface area contributed by atoms with Crippen molar-refractivity contribution < 1.29 is 13.6 Å². The van der Waals surface area contributed by atoms with Crippen molar-refractivity contribution in [1.82, 2.24) is 9.78 Å². The highest BCUT2D eigenvalue weighted by Gasteiger charge is 2.30. The predicted molar refractivity (Wildman–Crippen MR) is 81.5 cm³/mol. The van der Waals surface area contributed by atoms with Gasteiger partial charge in [-0.05, 0) is 29.8 Å². The maximum Gasteiger partial charge on any atom is 0.226 e. The number of benzene rings is 1. The lowest BCUT2D eigenvalue weighted by Crippen LogP contribution is -2.25. The molecule has 1 amide bonds. The van der Waals surface area contributed by atoms with Crippen LogP contribution in [-0.2, 0) is 11.3 Å². The molecule has 0 spiro atoms. The van der Waals surface area contributed by atoms with Crippen LogP contribution in [-0.4, -0.2) is 15.7 Å². The van der Waals surface area contributed by atoms with E-state index in [0.717, 1.165) is 16.9 Å². The van der Waals surface area contributed by atoms with Crippen LogP contribution in [0.15, 0.2) is 53.3 Å². The molecule has 0 saturated carbocycles. The summed E-state index contributed by atoms with van der Waals surface area (Å²) >= 11 is 0. The number of amides is 1. The van der Waals surface area contributed by atoms with E-state index in [4.69, 9.17) is 4.42 Å². The number of halogens is 1. The van der Waals surface area contributed by atoms with Gasteiger partial charge < -0.3 is 9.73 Å². The third-order valence-corrected chi connectivity index (χ3v) is 4.05. The van der Waals surface area contributed by atoms with Gasteiger partial charge in [0.2, 0.25) is 5.91 Å². The van der Waals surface area contributed by atoms with Crippen molar-refractivity contribution >= 4 is 11.7 Å². The molecular weight excluding hydrogens is 297 g/mol. The Kier molecular flexibility index (Phi) is 3.22. The zero-order valence-electron chi connectivity index (χ0n) is 12.2. The Morgan fingerprint density at radius 2 is 2.13 bits per heavy atom. The first-order valence-corrected chi connectivity index (χ1v) is 7.34. The third-order valence-electron chi connectivity index (χ3n) is 4.05. The van der Waals surface area contributed by atoms with Crippen molar-refractivity contribution in [3.8, 4) is 0 Å². The Labute approximate surface area is 131 Å². The van der Waals surface area contributed by atoms with E-state index in [1.807, 2.05) is 12.1 Å². The molecule has 0 fully saturated rings. The standard InChI is InChI=1S/C17H14FN3O2/c18-12-5-3-11(4-6-12)14-8-16(22)20-17-15(14)9-19-21(17)10-13-2-1-7-23-13/h1-7,9,14H,8,10H2,(H,20,22). The highest BCUT2D eigenvalue weighted by atomic mass is 19.1. The van der Waals surface area contributed by atoms with Crippen molar-refractivity contribution in [3.63, 3.8) is 0 Å². The van der Waals surface area contributed by atoms with Crippen LogP contribution >= 0.6 is 0 Å². The van der Waals surface area contributed by atoms with Crippen LogP contribution in [0.3, 0.4) is 0 Å². The van der Waals surface area contributed by atoms with Crippen LogP contribution < -0.4 is 5.32 Å². The van der Waals surface area contributed by atoms with Gasteiger partial charge in [-0.3, -0.25) is 4.79 Å². The number of furan rings is 1. The fourth-order valence-corrected chi connectivity index (χ4v) is 2.93. The van der Waals surface area contributed by atoms with Gasteiger partial charge in [-0.1, -0.05) is 12.1 Å². The molecule has 2 aromatic heterocycles. The SMILES string of the molecule is O=C1CC(c2ccc(F)cc2)c2cnn(Cc3ccco3)c2N1. The Bertz CT molecular complexity index is 837. The van der Waals surface area contributed by atoms with Crippen LogP contribution in [0.25, 0.3) is 0 Å². The zero-order valence-corrected chi connectivity index (χ0v) is 12.2. The largest absolute Gasteiger partial charge is 0.467 e. The number of hydrogen-bond donors (Lipinski definition) is 1. The second-order valence-electron chi connectivity index (χ2n) is 5.54. The monoisotopic (exact) mass is 311 g/mol. The molecule has 1 N–H and O–H groups in total. The molecule has 3 heterocycles. The summed E-state index contributed by atoms with van der Waals surface area (Å²) in [5.74, 6) is 0.946. The normalized spacial score (nSPS) is 16.9. The summed E-state index contributed by atoms with van der Waals surface area (Å²) in [6.07, 6.45) is 3.68. The summed E-state index contributed by atoms with van der Waals surface area (Å²) in [6, 6.07) is 9.92. The molecule has 0 aliphatic carbocycles. The van der Waals surface area contributed by atoms with E-state index in [1.165, 1.54) is 12.1 Å². The molecule has 23 heavy (non-hydrogen) atoms.